The van der Waals surface area contributed by atoms with Crippen molar-refractivity contribution in [3.8, 4) is 0 Å². The molecular formula is C49H87O10P. The number of carbonyl (C=O) groups excluding carboxylic acids is 2. The number of aliphatic hydroxyl groups is 2. The number of ether oxygens (including phenoxy) is 2. The Balaban J connectivity index is 3.91. The van der Waals surface area contributed by atoms with Gasteiger partial charge in [-0.15, -0.1) is 0 Å². The van der Waals surface area contributed by atoms with Crippen molar-refractivity contribution in [1.29, 1.82) is 0 Å². The Morgan fingerprint density at radius 1 is 0.467 bits per heavy atom. The molecular weight excluding hydrogens is 780 g/mol. The zero-order valence-corrected chi connectivity index (χ0v) is 38.8. The predicted octanol–water partition coefficient (Wildman–Crippen LogP) is 13.1. The second-order valence-electron chi connectivity index (χ2n) is 15.7. The van der Waals surface area contributed by atoms with Crippen LogP contribution in [0.5, 0.6) is 0 Å². The first-order valence-corrected chi connectivity index (χ1v) is 25.2. The normalized spacial score (nSPS) is 14.3. The zero-order chi connectivity index (χ0) is 44.0. The van der Waals surface area contributed by atoms with Gasteiger partial charge in [0.2, 0.25) is 0 Å². The Kier molecular flexibility index (Phi) is 43.0. The van der Waals surface area contributed by atoms with E-state index in [0.717, 1.165) is 44.9 Å². The van der Waals surface area contributed by atoms with Gasteiger partial charge in [0.25, 0.3) is 0 Å². The van der Waals surface area contributed by atoms with Gasteiger partial charge in [-0.05, 0) is 38.5 Å². The van der Waals surface area contributed by atoms with Crippen LogP contribution in [0.25, 0.3) is 0 Å². The van der Waals surface area contributed by atoms with Crippen LogP contribution in [0.4, 0.5) is 0 Å². The lowest BCUT2D eigenvalue weighted by molar-refractivity contribution is -0.153. The lowest BCUT2D eigenvalue weighted by Crippen LogP contribution is -2.28. The molecule has 0 aliphatic carbocycles. The molecule has 0 rings (SSSR count). The van der Waals surface area contributed by atoms with Crippen molar-refractivity contribution in [2.45, 2.75) is 212 Å². The highest BCUT2D eigenvalue weighted by Gasteiger charge is 2.27. The van der Waals surface area contributed by atoms with Crippen LogP contribution in [-0.4, -0.2) is 65.7 Å². The molecule has 0 heterocycles. The summed E-state index contributed by atoms with van der Waals surface area (Å²) in [5.74, 6) is -1.15. The van der Waals surface area contributed by atoms with Crippen molar-refractivity contribution < 1.29 is 47.8 Å². The summed E-state index contributed by atoms with van der Waals surface area (Å²) in [4.78, 5) is 34.5. The van der Waals surface area contributed by atoms with E-state index in [1.165, 1.54) is 116 Å². The smallest absolute Gasteiger partial charge is 0.457 e. The van der Waals surface area contributed by atoms with Gasteiger partial charge in [-0.2, -0.15) is 0 Å². The summed E-state index contributed by atoms with van der Waals surface area (Å²) in [7, 11) is -4.66. The maximum absolute atomic E-state index is 12.4. The fourth-order valence-corrected chi connectivity index (χ4v) is 7.21. The Labute approximate surface area is 366 Å². The number of esters is 2. The molecule has 0 saturated heterocycles. The van der Waals surface area contributed by atoms with E-state index in [2.05, 4.69) is 50.3 Å². The summed E-state index contributed by atoms with van der Waals surface area (Å²) in [5.41, 5.74) is 0. The first kappa shape index (κ1) is 57.7. The summed E-state index contributed by atoms with van der Waals surface area (Å²) < 4.78 is 32.5. The van der Waals surface area contributed by atoms with Crippen LogP contribution in [0.2, 0.25) is 0 Å². The Morgan fingerprint density at radius 2 is 0.783 bits per heavy atom. The number of aliphatic hydroxyl groups excluding tert-OH is 2. The van der Waals surface area contributed by atoms with Gasteiger partial charge in [0.05, 0.1) is 32.8 Å². The molecule has 0 aromatic heterocycles. The molecule has 0 saturated carbocycles. The third kappa shape index (κ3) is 42.4. The average molecular weight is 867 g/mol. The average Bonchev–Trinajstić information content (AvgIpc) is 3.24. The van der Waals surface area contributed by atoms with Crippen LogP contribution in [-0.2, 0) is 32.7 Å². The minimum Gasteiger partial charge on any atom is -0.457 e. The minimum atomic E-state index is -4.66. The summed E-state index contributed by atoms with van der Waals surface area (Å²) in [5, 5.41) is 19.2. The number of phosphoric ester groups is 1. The van der Waals surface area contributed by atoms with Crippen LogP contribution in [0.15, 0.2) is 60.8 Å². The van der Waals surface area contributed by atoms with Crippen molar-refractivity contribution in [3.05, 3.63) is 60.8 Å². The molecule has 0 aliphatic rings. The first-order chi connectivity index (χ1) is 29.3. The molecule has 3 atom stereocenters. The molecule has 0 radical (unpaired) electrons. The summed E-state index contributed by atoms with van der Waals surface area (Å²) in [6.07, 6.45) is 50.9. The Bertz CT molecular complexity index is 1180. The third-order valence-corrected chi connectivity index (χ3v) is 11.0. The Morgan fingerprint density at radius 3 is 1.13 bits per heavy atom. The van der Waals surface area contributed by atoms with Crippen LogP contribution in [0.3, 0.4) is 0 Å². The van der Waals surface area contributed by atoms with Gasteiger partial charge in [-0.25, -0.2) is 4.57 Å². The van der Waals surface area contributed by atoms with Gasteiger partial charge in [-0.3, -0.25) is 18.6 Å². The monoisotopic (exact) mass is 867 g/mol. The van der Waals surface area contributed by atoms with Crippen LogP contribution in [0.1, 0.15) is 200 Å². The standard InChI is InChI=1S/C49H87O10P/c1-3-5-7-9-11-13-15-17-19-20-21-22-23-24-25-27-29-31-33-35-37-39-41-49(53)59-47(43-51)45-57-60(54,55)56-44-46(42-50)58-48(52)40-38-36-34-32-30-28-26-18-16-14-12-10-8-6-4-2/h6,8,12,14,18,26,30,32,36,38,46-47,50-51H,3-5,7,9-11,13,15-17,19-25,27-29,31,33-35,37,39-45H2,1-2H3,(H,54,55)/b8-6-,14-12-,26-18-,32-30-,38-36-. The SMILES string of the molecule is CC/C=C\C/C=C\C/C=C\C/C=C\C/C=C\CC(=O)OC(CO)COP(=O)(O)OCC(CO)OC(=O)CCCCCCCCCCCCCCCCCCCCCCCC. The molecule has 10 nitrogen and oxygen atoms in total. The van der Waals surface area contributed by atoms with E-state index in [1.54, 1.807) is 6.08 Å². The van der Waals surface area contributed by atoms with Gasteiger partial charge in [0, 0.05) is 6.42 Å². The largest absolute Gasteiger partial charge is 0.472 e. The second kappa shape index (κ2) is 44.7. The van der Waals surface area contributed by atoms with E-state index in [9.17, 15) is 29.3 Å². The van der Waals surface area contributed by atoms with Gasteiger partial charge in [0.1, 0.15) is 12.2 Å². The maximum Gasteiger partial charge on any atom is 0.472 e. The molecule has 0 bridgehead atoms. The summed E-state index contributed by atoms with van der Waals surface area (Å²) in [6, 6.07) is 0. The molecule has 0 spiro atoms. The molecule has 60 heavy (non-hydrogen) atoms. The lowest BCUT2D eigenvalue weighted by Gasteiger charge is -2.20. The Hall–Kier alpha value is -2.33. The van der Waals surface area contributed by atoms with Crippen molar-refractivity contribution in [2.75, 3.05) is 26.4 Å². The van der Waals surface area contributed by atoms with E-state index >= 15 is 0 Å². The van der Waals surface area contributed by atoms with Crippen molar-refractivity contribution in [3.63, 3.8) is 0 Å². The number of carbonyl (C=O) groups is 2. The van der Waals surface area contributed by atoms with Gasteiger partial charge in [-0.1, -0.05) is 209 Å². The van der Waals surface area contributed by atoms with Crippen LogP contribution in [0, 0.1) is 0 Å². The number of allylic oxidation sites excluding steroid dienone is 9. The first-order valence-electron chi connectivity index (χ1n) is 23.7. The molecule has 3 N–H and O–H groups in total. The minimum absolute atomic E-state index is 0.0412. The van der Waals surface area contributed by atoms with Crippen molar-refractivity contribution >= 4 is 19.8 Å². The van der Waals surface area contributed by atoms with Crippen molar-refractivity contribution in [1.82, 2.24) is 0 Å². The third-order valence-electron chi connectivity index (χ3n) is 10.0. The molecule has 0 aliphatic heterocycles. The quantitative estimate of drug-likeness (QED) is 0.0234. The van der Waals surface area contributed by atoms with Crippen molar-refractivity contribution in [2.24, 2.45) is 0 Å². The fraction of sp³-hybridized carbons (Fsp3) is 0.755. The summed E-state index contributed by atoms with van der Waals surface area (Å²) >= 11 is 0. The fourth-order valence-electron chi connectivity index (χ4n) is 6.43. The van der Waals surface area contributed by atoms with Gasteiger partial charge >= 0.3 is 19.8 Å². The molecule has 3 unspecified atom stereocenters. The molecule has 0 aromatic rings. The highest BCUT2D eigenvalue weighted by molar-refractivity contribution is 7.47. The topological polar surface area (TPSA) is 149 Å². The maximum atomic E-state index is 12.4. The molecule has 348 valence electrons. The molecule has 0 amide bonds. The number of rotatable bonds is 44. The summed E-state index contributed by atoms with van der Waals surface area (Å²) in [6.45, 7) is 2.00. The van der Waals surface area contributed by atoms with E-state index in [0.29, 0.717) is 12.8 Å². The predicted molar refractivity (Wildman–Crippen MR) is 247 cm³/mol. The molecule has 0 aromatic carbocycles. The number of unbranched alkanes of at least 4 members (excludes halogenated alkanes) is 21. The number of hydrogen-bond acceptors (Lipinski definition) is 9. The van der Waals surface area contributed by atoms with Gasteiger partial charge in [0.15, 0.2) is 0 Å². The van der Waals surface area contributed by atoms with E-state index in [1.807, 2.05) is 18.2 Å². The van der Waals surface area contributed by atoms with Crippen LogP contribution < -0.4 is 0 Å². The number of hydrogen-bond donors (Lipinski definition) is 3. The lowest BCUT2D eigenvalue weighted by atomic mass is 10.0. The molecule has 0 fully saturated rings. The zero-order valence-electron chi connectivity index (χ0n) is 37.9. The van der Waals surface area contributed by atoms with Crippen LogP contribution >= 0.6 is 7.82 Å². The molecule has 11 heteroatoms. The highest BCUT2D eigenvalue weighted by atomic mass is 31.2. The highest BCUT2D eigenvalue weighted by Crippen LogP contribution is 2.43. The second-order valence-corrected chi connectivity index (χ2v) is 17.2. The van der Waals surface area contributed by atoms with Gasteiger partial charge < -0.3 is 24.6 Å². The van der Waals surface area contributed by atoms with E-state index < -0.39 is 58.4 Å². The van der Waals surface area contributed by atoms with E-state index in [4.69, 9.17) is 18.5 Å². The number of phosphoric acid groups is 1. The van der Waals surface area contributed by atoms with E-state index in [-0.39, 0.29) is 12.8 Å².